The quantitative estimate of drug-likeness (QED) is 0.886. The molecule has 2 rings (SSSR count). The van der Waals surface area contributed by atoms with E-state index >= 15 is 0 Å². The lowest BCUT2D eigenvalue weighted by molar-refractivity contribution is 0.305. The molecule has 0 heterocycles. The van der Waals surface area contributed by atoms with Crippen LogP contribution in [0.5, 0.6) is 5.75 Å². The zero-order valence-corrected chi connectivity index (χ0v) is 12.7. The molecule has 0 radical (unpaired) electrons. The first-order valence-corrected chi connectivity index (χ1v) is 7.22. The van der Waals surface area contributed by atoms with Crippen molar-refractivity contribution in [3.8, 4) is 5.75 Å². The maximum Gasteiger partial charge on any atom is 0.139 e. The van der Waals surface area contributed by atoms with Gasteiger partial charge in [0.2, 0.25) is 0 Å². The first-order valence-electron chi connectivity index (χ1n) is 6.05. The summed E-state index contributed by atoms with van der Waals surface area (Å²) >= 11 is 9.50. The molecule has 2 aromatic rings. The topological polar surface area (TPSA) is 35.2 Å². The van der Waals surface area contributed by atoms with Crippen molar-refractivity contribution in [2.45, 2.75) is 13.0 Å². The van der Waals surface area contributed by atoms with Crippen molar-refractivity contribution in [2.75, 3.05) is 6.54 Å². The molecule has 0 unspecified atom stereocenters. The van der Waals surface area contributed by atoms with E-state index in [0.717, 1.165) is 16.5 Å². The molecule has 0 amide bonds. The summed E-state index contributed by atoms with van der Waals surface area (Å²) in [5.41, 5.74) is 7.97. The zero-order chi connectivity index (χ0) is 13.7. The van der Waals surface area contributed by atoms with Gasteiger partial charge in [-0.15, -0.1) is 0 Å². The fourth-order valence-electron chi connectivity index (χ4n) is 1.84. The molecule has 0 saturated heterocycles. The van der Waals surface area contributed by atoms with Crippen molar-refractivity contribution >= 4 is 27.5 Å². The van der Waals surface area contributed by atoms with Gasteiger partial charge in [-0.2, -0.15) is 0 Å². The molecule has 0 fully saturated rings. The number of rotatable bonds is 5. The van der Waals surface area contributed by atoms with Gasteiger partial charge in [-0.3, -0.25) is 0 Å². The molecule has 0 aliphatic rings. The van der Waals surface area contributed by atoms with Crippen LogP contribution in [0, 0.1) is 0 Å². The van der Waals surface area contributed by atoms with Gasteiger partial charge in [0.1, 0.15) is 12.4 Å². The highest BCUT2D eigenvalue weighted by atomic mass is 79.9. The second-order valence-electron chi connectivity index (χ2n) is 4.17. The molecule has 0 aromatic heterocycles. The number of hydrogen-bond donors (Lipinski definition) is 1. The van der Waals surface area contributed by atoms with Crippen molar-refractivity contribution in [2.24, 2.45) is 5.73 Å². The minimum absolute atomic E-state index is 0.492. The third-order valence-electron chi connectivity index (χ3n) is 2.81. The van der Waals surface area contributed by atoms with Crippen molar-refractivity contribution in [3.05, 3.63) is 63.1 Å². The molecule has 0 bridgehead atoms. The Labute approximate surface area is 126 Å². The van der Waals surface area contributed by atoms with Gasteiger partial charge < -0.3 is 10.5 Å². The predicted molar refractivity (Wildman–Crippen MR) is 82.7 cm³/mol. The zero-order valence-electron chi connectivity index (χ0n) is 10.4. The van der Waals surface area contributed by atoms with E-state index in [1.54, 1.807) is 0 Å². The van der Waals surface area contributed by atoms with Crippen LogP contribution in [0.2, 0.25) is 5.02 Å². The lowest BCUT2D eigenvalue weighted by Crippen LogP contribution is -2.07. The summed E-state index contributed by atoms with van der Waals surface area (Å²) in [5, 5.41) is 0.611. The minimum atomic E-state index is 0.492. The predicted octanol–water partition coefficient (Wildman–Crippen LogP) is 4.18. The lowest BCUT2D eigenvalue weighted by Gasteiger charge is -2.11. The molecule has 0 atom stereocenters. The Bertz CT molecular complexity index is 560. The standard InChI is InChI=1S/C15H15BrClNO/c16-13-5-6-14(17)15(9-13)19-10-12-4-2-1-3-11(12)7-8-18/h1-6,9H,7-8,10,18H2. The summed E-state index contributed by atoms with van der Waals surface area (Å²) < 4.78 is 6.73. The van der Waals surface area contributed by atoms with Gasteiger partial charge in [-0.1, -0.05) is 51.8 Å². The minimum Gasteiger partial charge on any atom is -0.487 e. The van der Waals surface area contributed by atoms with Gasteiger partial charge in [0.05, 0.1) is 5.02 Å². The Morgan fingerprint density at radius 1 is 1.11 bits per heavy atom. The SMILES string of the molecule is NCCc1ccccc1COc1cc(Br)ccc1Cl. The van der Waals surface area contributed by atoms with Gasteiger partial charge in [0.15, 0.2) is 0 Å². The van der Waals surface area contributed by atoms with Gasteiger partial charge in [0, 0.05) is 4.47 Å². The van der Waals surface area contributed by atoms with Crippen LogP contribution in [-0.2, 0) is 13.0 Å². The molecule has 0 aliphatic heterocycles. The largest absolute Gasteiger partial charge is 0.487 e. The highest BCUT2D eigenvalue weighted by Crippen LogP contribution is 2.28. The highest BCUT2D eigenvalue weighted by Gasteiger charge is 2.05. The van der Waals surface area contributed by atoms with Crippen molar-refractivity contribution < 1.29 is 4.74 Å². The fourth-order valence-corrected chi connectivity index (χ4v) is 2.35. The summed E-state index contributed by atoms with van der Waals surface area (Å²) in [6.45, 7) is 1.13. The van der Waals surface area contributed by atoms with Crippen LogP contribution in [0.4, 0.5) is 0 Å². The van der Waals surface area contributed by atoms with Crippen molar-refractivity contribution in [1.29, 1.82) is 0 Å². The second kappa shape index (κ2) is 6.94. The summed E-state index contributed by atoms with van der Waals surface area (Å²) in [6, 6.07) is 13.7. The maximum absolute atomic E-state index is 6.10. The van der Waals surface area contributed by atoms with Crippen LogP contribution >= 0.6 is 27.5 Å². The van der Waals surface area contributed by atoms with E-state index in [4.69, 9.17) is 22.1 Å². The average Bonchev–Trinajstić information content (AvgIpc) is 2.42. The molecule has 100 valence electrons. The third kappa shape index (κ3) is 3.96. The van der Waals surface area contributed by atoms with Crippen LogP contribution in [0.3, 0.4) is 0 Å². The molecular formula is C15H15BrClNO. The van der Waals surface area contributed by atoms with Gasteiger partial charge in [0.25, 0.3) is 0 Å². The van der Waals surface area contributed by atoms with E-state index in [2.05, 4.69) is 28.1 Å². The molecule has 2 nitrogen and oxygen atoms in total. The van der Waals surface area contributed by atoms with Crippen LogP contribution < -0.4 is 10.5 Å². The van der Waals surface area contributed by atoms with E-state index in [9.17, 15) is 0 Å². The molecule has 0 aliphatic carbocycles. The summed E-state index contributed by atoms with van der Waals surface area (Å²) in [4.78, 5) is 0. The number of hydrogen-bond acceptors (Lipinski definition) is 2. The Hall–Kier alpha value is -1.03. The normalized spacial score (nSPS) is 10.5. The molecule has 0 spiro atoms. The Kier molecular flexibility index (Phi) is 5.25. The maximum atomic E-state index is 6.10. The molecule has 2 N–H and O–H groups in total. The van der Waals surface area contributed by atoms with Crippen LogP contribution in [0.25, 0.3) is 0 Å². The highest BCUT2D eigenvalue weighted by molar-refractivity contribution is 9.10. The first-order chi connectivity index (χ1) is 9.20. The first kappa shape index (κ1) is 14.4. The number of halogens is 2. The average molecular weight is 341 g/mol. The van der Waals surface area contributed by atoms with Gasteiger partial charge >= 0.3 is 0 Å². The van der Waals surface area contributed by atoms with Crippen molar-refractivity contribution in [1.82, 2.24) is 0 Å². The summed E-state index contributed by atoms with van der Waals surface area (Å²) in [5.74, 6) is 0.679. The lowest BCUT2D eigenvalue weighted by atomic mass is 10.1. The molecule has 19 heavy (non-hydrogen) atoms. The number of nitrogens with two attached hydrogens (primary N) is 1. The Morgan fingerprint density at radius 2 is 1.84 bits per heavy atom. The summed E-state index contributed by atoms with van der Waals surface area (Å²) in [6.07, 6.45) is 0.853. The van der Waals surface area contributed by atoms with Crippen molar-refractivity contribution in [3.63, 3.8) is 0 Å². The van der Waals surface area contributed by atoms with E-state index in [0.29, 0.717) is 23.9 Å². The smallest absolute Gasteiger partial charge is 0.139 e. The molecule has 4 heteroatoms. The van der Waals surface area contributed by atoms with E-state index in [1.165, 1.54) is 5.56 Å². The summed E-state index contributed by atoms with van der Waals surface area (Å²) in [7, 11) is 0. The third-order valence-corrected chi connectivity index (χ3v) is 3.61. The van der Waals surface area contributed by atoms with E-state index < -0.39 is 0 Å². The number of benzene rings is 2. The fraction of sp³-hybridized carbons (Fsp3) is 0.200. The second-order valence-corrected chi connectivity index (χ2v) is 5.49. The monoisotopic (exact) mass is 339 g/mol. The number of ether oxygens (including phenoxy) is 1. The molecular weight excluding hydrogens is 326 g/mol. The van der Waals surface area contributed by atoms with Crippen LogP contribution in [0.15, 0.2) is 46.9 Å². The van der Waals surface area contributed by atoms with Gasteiger partial charge in [-0.25, -0.2) is 0 Å². The Balaban J connectivity index is 2.12. The van der Waals surface area contributed by atoms with Crippen LogP contribution in [-0.4, -0.2) is 6.54 Å². The van der Waals surface area contributed by atoms with E-state index in [-0.39, 0.29) is 0 Å². The van der Waals surface area contributed by atoms with Gasteiger partial charge in [-0.05, 0) is 42.3 Å². The Morgan fingerprint density at radius 3 is 2.58 bits per heavy atom. The molecule has 0 saturated carbocycles. The van der Waals surface area contributed by atoms with Crippen LogP contribution in [0.1, 0.15) is 11.1 Å². The molecule has 2 aromatic carbocycles. The van der Waals surface area contributed by atoms with E-state index in [1.807, 2.05) is 30.3 Å².